The summed E-state index contributed by atoms with van der Waals surface area (Å²) in [6.45, 7) is 5.39. The van der Waals surface area contributed by atoms with Crippen molar-refractivity contribution in [2.75, 3.05) is 37.8 Å². The van der Waals surface area contributed by atoms with Gasteiger partial charge in [0, 0.05) is 27.2 Å². The van der Waals surface area contributed by atoms with Crippen molar-refractivity contribution in [1.82, 2.24) is 4.31 Å². The molecule has 0 bridgehead atoms. The van der Waals surface area contributed by atoms with Gasteiger partial charge in [-0.3, -0.25) is 0 Å². The molecule has 21 heavy (non-hydrogen) atoms. The molecule has 118 valence electrons. The van der Waals surface area contributed by atoms with Gasteiger partial charge in [0.1, 0.15) is 0 Å². The van der Waals surface area contributed by atoms with Crippen LogP contribution in [0.1, 0.15) is 13.8 Å². The third-order valence-electron chi connectivity index (χ3n) is 3.54. The normalized spacial score (nSPS) is 23.6. The minimum absolute atomic E-state index is 0.0854. The van der Waals surface area contributed by atoms with Crippen molar-refractivity contribution in [2.45, 2.75) is 31.0 Å². The van der Waals surface area contributed by atoms with Crippen LogP contribution in [0.5, 0.6) is 0 Å². The highest BCUT2D eigenvalue weighted by Crippen LogP contribution is 2.30. The van der Waals surface area contributed by atoms with Gasteiger partial charge in [-0.05, 0) is 32.0 Å². The minimum atomic E-state index is -3.46. The zero-order chi connectivity index (χ0) is 15.8. The maximum atomic E-state index is 12.2. The van der Waals surface area contributed by atoms with Crippen LogP contribution >= 0.6 is 0 Å². The highest BCUT2D eigenvalue weighted by Gasteiger charge is 2.25. The van der Waals surface area contributed by atoms with Crippen molar-refractivity contribution in [2.24, 2.45) is 0 Å². The molecule has 1 fully saturated rings. The van der Waals surface area contributed by atoms with Gasteiger partial charge in [-0.25, -0.2) is 12.7 Å². The van der Waals surface area contributed by atoms with E-state index in [-0.39, 0.29) is 17.1 Å². The molecule has 0 aliphatic carbocycles. The largest absolute Gasteiger partial charge is 0.397 e. The molecule has 1 aromatic rings. The van der Waals surface area contributed by atoms with E-state index in [1.54, 1.807) is 18.2 Å². The first kappa shape index (κ1) is 16.1. The SMILES string of the molecule is C[C@@H]1CN(c2cc(S(=O)(=O)N(C)C)ccc2N)C[C@H](C)O1. The summed E-state index contributed by atoms with van der Waals surface area (Å²) >= 11 is 0. The number of hydrogen-bond donors (Lipinski definition) is 1. The molecule has 1 aliphatic rings. The average molecular weight is 313 g/mol. The second-order valence-electron chi connectivity index (χ2n) is 5.67. The van der Waals surface area contributed by atoms with E-state index < -0.39 is 10.0 Å². The zero-order valence-corrected chi connectivity index (χ0v) is 13.7. The smallest absolute Gasteiger partial charge is 0.242 e. The van der Waals surface area contributed by atoms with Gasteiger partial charge in [0.05, 0.1) is 28.5 Å². The fourth-order valence-corrected chi connectivity index (χ4v) is 3.47. The maximum Gasteiger partial charge on any atom is 0.242 e. The predicted molar refractivity (Wildman–Crippen MR) is 83.9 cm³/mol. The lowest BCUT2D eigenvalue weighted by molar-refractivity contribution is -0.00518. The summed E-state index contributed by atoms with van der Waals surface area (Å²) in [7, 11) is -0.426. The summed E-state index contributed by atoms with van der Waals surface area (Å²) in [4.78, 5) is 2.34. The van der Waals surface area contributed by atoms with E-state index in [1.807, 2.05) is 13.8 Å². The molecule has 1 aromatic carbocycles. The van der Waals surface area contributed by atoms with Crippen LogP contribution in [-0.4, -0.2) is 52.1 Å². The lowest BCUT2D eigenvalue weighted by atomic mass is 10.2. The van der Waals surface area contributed by atoms with Gasteiger partial charge in [-0.2, -0.15) is 0 Å². The molecule has 6 nitrogen and oxygen atoms in total. The summed E-state index contributed by atoms with van der Waals surface area (Å²) < 4.78 is 31.4. The highest BCUT2D eigenvalue weighted by atomic mass is 32.2. The molecule has 0 unspecified atom stereocenters. The molecule has 0 amide bonds. The third-order valence-corrected chi connectivity index (χ3v) is 5.35. The Morgan fingerprint density at radius 2 is 1.81 bits per heavy atom. The van der Waals surface area contributed by atoms with Crippen molar-refractivity contribution >= 4 is 21.4 Å². The molecular weight excluding hydrogens is 290 g/mol. The first-order chi connectivity index (χ1) is 9.71. The van der Waals surface area contributed by atoms with Crippen LogP contribution in [0.25, 0.3) is 0 Å². The van der Waals surface area contributed by atoms with Gasteiger partial charge in [-0.1, -0.05) is 0 Å². The van der Waals surface area contributed by atoms with Crippen molar-refractivity contribution in [3.63, 3.8) is 0 Å². The quantitative estimate of drug-likeness (QED) is 0.847. The number of hydrogen-bond acceptors (Lipinski definition) is 5. The molecule has 2 N–H and O–H groups in total. The molecule has 1 saturated heterocycles. The molecule has 0 aromatic heterocycles. The number of nitrogen functional groups attached to an aromatic ring is 1. The van der Waals surface area contributed by atoms with Gasteiger partial charge >= 0.3 is 0 Å². The maximum absolute atomic E-state index is 12.2. The number of morpholine rings is 1. The average Bonchev–Trinajstić information content (AvgIpc) is 2.37. The molecule has 1 heterocycles. The Hall–Kier alpha value is -1.31. The molecule has 2 atom stereocenters. The fourth-order valence-electron chi connectivity index (χ4n) is 2.54. The molecule has 0 saturated carbocycles. The van der Waals surface area contributed by atoms with E-state index in [4.69, 9.17) is 10.5 Å². The Morgan fingerprint density at radius 1 is 1.24 bits per heavy atom. The number of ether oxygens (including phenoxy) is 1. The number of anilines is 2. The number of benzene rings is 1. The van der Waals surface area contributed by atoms with E-state index in [0.29, 0.717) is 18.8 Å². The van der Waals surface area contributed by atoms with Crippen LogP contribution in [0.2, 0.25) is 0 Å². The summed E-state index contributed by atoms with van der Waals surface area (Å²) in [6, 6.07) is 4.84. The number of nitrogens with zero attached hydrogens (tertiary/aromatic N) is 2. The molecule has 2 rings (SSSR count). The van der Waals surface area contributed by atoms with Gasteiger partial charge in [0.25, 0.3) is 0 Å². The summed E-state index contributed by atoms with van der Waals surface area (Å²) in [5.41, 5.74) is 7.37. The fraction of sp³-hybridized carbons (Fsp3) is 0.571. The first-order valence-corrected chi connectivity index (χ1v) is 8.38. The topological polar surface area (TPSA) is 75.9 Å². The summed E-state index contributed by atoms with van der Waals surface area (Å²) in [5, 5.41) is 0. The molecule has 0 spiro atoms. The van der Waals surface area contributed by atoms with E-state index in [0.717, 1.165) is 5.69 Å². The monoisotopic (exact) mass is 313 g/mol. The van der Waals surface area contributed by atoms with Crippen LogP contribution in [0.4, 0.5) is 11.4 Å². The Morgan fingerprint density at radius 3 is 2.33 bits per heavy atom. The zero-order valence-electron chi connectivity index (χ0n) is 12.9. The molecule has 1 aliphatic heterocycles. The van der Waals surface area contributed by atoms with Crippen molar-refractivity contribution < 1.29 is 13.2 Å². The molecular formula is C14H23N3O3S. The van der Waals surface area contributed by atoms with Gasteiger partial charge in [-0.15, -0.1) is 0 Å². The van der Waals surface area contributed by atoms with E-state index in [2.05, 4.69) is 4.90 Å². The minimum Gasteiger partial charge on any atom is -0.397 e. The second kappa shape index (κ2) is 5.82. The van der Waals surface area contributed by atoms with Gasteiger partial charge in [0.15, 0.2) is 0 Å². The molecule has 7 heteroatoms. The summed E-state index contributed by atoms with van der Waals surface area (Å²) in [5.74, 6) is 0. The van der Waals surface area contributed by atoms with Crippen LogP contribution in [0.15, 0.2) is 23.1 Å². The van der Waals surface area contributed by atoms with Crippen LogP contribution in [0, 0.1) is 0 Å². The van der Waals surface area contributed by atoms with Crippen LogP contribution in [0.3, 0.4) is 0 Å². The van der Waals surface area contributed by atoms with E-state index in [9.17, 15) is 8.42 Å². The van der Waals surface area contributed by atoms with Gasteiger partial charge in [0.2, 0.25) is 10.0 Å². The van der Waals surface area contributed by atoms with Crippen molar-refractivity contribution in [3.8, 4) is 0 Å². The third kappa shape index (κ3) is 3.30. The van der Waals surface area contributed by atoms with Crippen molar-refractivity contribution in [3.05, 3.63) is 18.2 Å². The Balaban J connectivity index is 2.40. The standard InChI is InChI=1S/C14H23N3O3S/c1-10-8-17(9-11(2)20-10)14-7-12(5-6-13(14)15)21(18,19)16(3)4/h5-7,10-11H,8-9,15H2,1-4H3/t10-,11+. The van der Waals surface area contributed by atoms with Crippen LogP contribution < -0.4 is 10.6 Å². The van der Waals surface area contributed by atoms with Gasteiger partial charge < -0.3 is 15.4 Å². The first-order valence-electron chi connectivity index (χ1n) is 6.94. The number of sulfonamides is 1. The number of rotatable bonds is 3. The Labute approximate surface area is 126 Å². The highest BCUT2D eigenvalue weighted by molar-refractivity contribution is 7.89. The van der Waals surface area contributed by atoms with E-state index in [1.165, 1.54) is 18.4 Å². The molecule has 0 radical (unpaired) electrons. The summed E-state index contributed by atoms with van der Waals surface area (Å²) in [6.07, 6.45) is 0.171. The Bertz CT molecular complexity index is 606. The Kier molecular flexibility index (Phi) is 4.46. The van der Waals surface area contributed by atoms with Crippen LogP contribution in [-0.2, 0) is 14.8 Å². The predicted octanol–water partition coefficient (Wildman–Crippen LogP) is 1.13. The lowest BCUT2D eigenvalue weighted by Crippen LogP contribution is -2.45. The number of nitrogens with two attached hydrogens (primary N) is 1. The second-order valence-corrected chi connectivity index (χ2v) is 7.82. The lowest BCUT2D eigenvalue weighted by Gasteiger charge is -2.37. The van der Waals surface area contributed by atoms with Crippen molar-refractivity contribution in [1.29, 1.82) is 0 Å². The van der Waals surface area contributed by atoms with E-state index >= 15 is 0 Å².